The molecule has 0 spiro atoms. The first-order chi connectivity index (χ1) is 9.81. The summed E-state index contributed by atoms with van der Waals surface area (Å²) in [6, 6.07) is 8.22. The van der Waals surface area contributed by atoms with Crippen molar-refractivity contribution in [1.82, 2.24) is 24.8 Å². The lowest BCUT2D eigenvalue weighted by Crippen LogP contribution is -1.86. The third-order valence-electron chi connectivity index (χ3n) is 2.72. The largest absolute Gasteiger partial charge is 0.374 e. The van der Waals surface area contributed by atoms with Crippen LogP contribution in [0.25, 0.3) is 15.2 Å². The summed E-state index contributed by atoms with van der Waals surface area (Å²) in [5.74, 6) is 0.694. The van der Waals surface area contributed by atoms with Gasteiger partial charge in [0, 0.05) is 0 Å². The van der Waals surface area contributed by atoms with Crippen molar-refractivity contribution in [2.45, 2.75) is 10.9 Å². The number of fused-ring (bicyclic) bond motifs is 3. The fourth-order valence-electron chi connectivity index (χ4n) is 1.90. The topological polar surface area (TPSA) is 82.0 Å². The highest BCUT2D eigenvalue weighted by Crippen LogP contribution is 2.31. The summed E-state index contributed by atoms with van der Waals surface area (Å²) in [6.07, 6.45) is 0. The van der Waals surface area contributed by atoms with Crippen LogP contribution < -0.4 is 5.73 Å². The summed E-state index contributed by atoms with van der Waals surface area (Å²) in [5.41, 5.74) is 6.72. The van der Waals surface area contributed by atoms with Gasteiger partial charge in [-0.3, -0.25) is 4.40 Å². The summed E-state index contributed by atoms with van der Waals surface area (Å²) in [4.78, 5) is 0.908. The fraction of sp³-hybridized carbons (Fsp3) is 0.0909. The van der Waals surface area contributed by atoms with Crippen LogP contribution in [0.3, 0.4) is 0 Å². The second-order valence-corrected chi connectivity index (χ2v) is 7.04. The lowest BCUT2D eigenvalue weighted by Gasteiger charge is -1.96. The number of thioether (sulfide) groups is 1. The lowest BCUT2D eigenvalue weighted by atomic mass is 10.3. The van der Waals surface area contributed by atoms with Gasteiger partial charge in [-0.1, -0.05) is 46.6 Å². The number of benzene rings is 1. The van der Waals surface area contributed by atoms with E-state index in [2.05, 4.69) is 36.9 Å². The molecule has 0 saturated heterocycles. The van der Waals surface area contributed by atoms with Gasteiger partial charge in [-0.2, -0.15) is 0 Å². The first-order valence-corrected chi connectivity index (χ1v) is 8.36. The standard InChI is InChI=1S/C11H8N6S3/c12-9-14-13-8(20-9)5-18-10-15-16-11-17(10)6-3-1-2-4-7(6)19-11/h1-4H,5H2,(H2,12,14). The van der Waals surface area contributed by atoms with Crippen molar-refractivity contribution in [3.8, 4) is 0 Å². The first-order valence-electron chi connectivity index (χ1n) is 5.74. The van der Waals surface area contributed by atoms with Gasteiger partial charge in [-0.15, -0.1) is 20.4 Å². The molecule has 0 aliphatic rings. The Morgan fingerprint density at radius 2 is 2.00 bits per heavy atom. The maximum Gasteiger partial charge on any atom is 0.217 e. The minimum Gasteiger partial charge on any atom is -0.374 e. The molecule has 0 radical (unpaired) electrons. The first kappa shape index (κ1) is 12.1. The zero-order valence-electron chi connectivity index (χ0n) is 10.1. The Hall–Kier alpha value is -1.71. The quantitative estimate of drug-likeness (QED) is 0.584. The molecule has 2 N–H and O–H groups in total. The molecule has 0 saturated carbocycles. The smallest absolute Gasteiger partial charge is 0.217 e. The molecule has 0 bridgehead atoms. The van der Waals surface area contributed by atoms with Crippen LogP contribution in [-0.2, 0) is 5.75 Å². The number of aromatic nitrogens is 5. The Bertz CT molecular complexity index is 892. The average molecular weight is 320 g/mol. The number of anilines is 1. The van der Waals surface area contributed by atoms with Crippen molar-refractivity contribution in [2.24, 2.45) is 0 Å². The summed E-state index contributed by atoms with van der Waals surface area (Å²) in [5, 5.41) is 18.5. The Kier molecular flexibility index (Phi) is 2.83. The van der Waals surface area contributed by atoms with E-state index in [1.165, 1.54) is 16.0 Å². The molecule has 20 heavy (non-hydrogen) atoms. The minimum absolute atomic E-state index is 0.493. The highest BCUT2D eigenvalue weighted by molar-refractivity contribution is 7.98. The van der Waals surface area contributed by atoms with Gasteiger partial charge in [-0.05, 0) is 12.1 Å². The van der Waals surface area contributed by atoms with Crippen LogP contribution >= 0.6 is 34.4 Å². The predicted molar refractivity (Wildman–Crippen MR) is 82.3 cm³/mol. The van der Waals surface area contributed by atoms with Gasteiger partial charge in [0.2, 0.25) is 10.1 Å². The SMILES string of the molecule is Nc1nnc(CSc2nnc3sc4ccccc4n23)s1. The normalized spacial score (nSPS) is 11.6. The molecule has 0 unspecified atom stereocenters. The number of hydrogen-bond acceptors (Lipinski definition) is 8. The molecule has 4 aromatic rings. The monoisotopic (exact) mass is 320 g/mol. The Balaban J connectivity index is 1.72. The van der Waals surface area contributed by atoms with Crippen molar-refractivity contribution in [1.29, 1.82) is 0 Å². The van der Waals surface area contributed by atoms with E-state index >= 15 is 0 Å². The molecule has 3 aromatic heterocycles. The molecule has 9 heteroatoms. The van der Waals surface area contributed by atoms with Crippen LogP contribution in [0.5, 0.6) is 0 Å². The average Bonchev–Trinajstić information content (AvgIpc) is 3.11. The number of para-hydroxylation sites is 1. The van der Waals surface area contributed by atoms with E-state index in [1.54, 1.807) is 23.1 Å². The van der Waals surface area contributed by atoms with Crippen LogP contribution in [0, 0.1) is 0 Å². The van der Waals surface area contributed by atoms with Crippen LogP contribution in [0.1, 0.15) is 5.01 Å². The molecule has 4 rings (SSSR count). The van der Waals surface area contributed by atoms with Gasteiger partial charge in [0.25, 0.3) is 0 Å². The van der Waals surface area contributed by atoms with Crippen LogP contribution in [-0.4, -0.2) is 24.8 Å². The Morgan fingerprint density at radius 1 is 1.10 bits per heavy atom. The van der Waals surface area contributed by atoms with E-state index in [0.717, 1.165) is 20.6 Å². The molecule has 6 nitrogen and oxygen atoms in total. The molecule has 100 valence electrons. The third-order valence-corrected chi connectivity index (χ3v) is 5.61. The van der Waals surface area contributed by atoms with E-state index in [-0.39, 0.29) is 0 Å². The summed E-state index contributed by atoms with van der Waals surface area (Å²) in [7, 11) is 0. The Morgan fingerprint density at radius 3 is 2.85 bits per heavy atom. The van der Waals surface area contributed by atoms with Crippen LogP contribution in [0.15, 0.2) is 29.4 Å². The third kappa shape index (κ3) is 1.94. The van der Waals surface area contributed by atoms with Gasteiger partial charge >= 0.3 is 0 Å². The molecule has 1 aromatic carbocycles. The number of nitrogens with zero attached hydrogens (tertiary/aromatic N) is 5. The van der Waals surface area contributed by atoms with E-state index in [4.69, 9.17) is 5.73 Å². The molecule has 0 atom stereocenters. The fourth-order valence-corrected chi connectivity index (χ4v) is 4.46. The molecule has 3 heterocycles. The molecule has 0 fully saturated rings. The summed E-state index contributed by atoms with van der Waals surface area (Å²) >= 11 is 4.63. The van der Waals surface area contributed by atoms with Crippen molar-refractivity contribution in [2.75, 3.05) is 5.73 Å². The zero-order chi connectivity index (χ0) is 13.5. The van der Waals surface area contributed by atoms with Gasteiger partial charge in [-0.25, -0.2) is 0 Å². The summed E-state index contributed by atoms with van der Waals surface area (Å²) < 4.78 is 3.29. The second kappa shape index (κ2) is 4.69. The van der Waals surface area contributed by atoms with Gasteiger partial charge < -0.3 is 5.73 Å². The molecule has 0 aliphatic heterocycles. The van der Waals surface area contributed by atoms with E-state index in [1.807, 2.05) is 12.1 Å². The van der Waals surface area contributed by atoms with Crippen molar-refractivity contribution in [3.63, 3.8) is 0 Å². The molecule has 0 amide bonds. The molecular weight excluding hydrogens is 312 g/mol. The molecule has 0 aliphatic carbocycles. The van der Waals surface area contributed by atoms with Crippen LogP contribution in [0.4, 0.5) is 5.13 Å². The van der Waals surface area contributed by atoms with Crippen molar-refractivity contribution in [3.05, 3.63) is 29.3 Å². The van der Waals surface area contributed by atoms with E-state index in [0.29, 0.717) is 10.9 Å². The second-order valence-electron chi connectivity index (χ2n) is 3.99. The Labute approximate surface area is 125 Å². The lowest BCUT2D eigenvalue weighted by molar-refractivity contribution is 0.938. The highest BCUT2D eigenvalue weighted by Gasteiger charge is 2.13. The van der Waals surface area contributed by atoms with Gasteiger partial charge in [0.05, 0.1) is 16.0 Å². The number of nitrogens with two attached hydrogens (primary N) is 1. The number of rotatable bonds is 3. The number of thiazole rings is 1. The van der Waals surface area contributed by atoms with E-state index < -0.39 is 0 Å². The maximum atomic E-state index is 5.58. The number of nitrogen functional groups attached to an aromatic ring is 1. The van der Waals surface area contributed by atoms with Crippen molar-refractivity contribution < 1.29 is 0 Å². The number of hydrogen-bond donors (Lipinski definition) is 1. The van der Waals surface area contributed by atoms with Crippen LogP contribution in [0.2, 0.25) is 0 Å². The highest BCUT2D eigenvalue weighted by atomic mass is 32.2. The van der Waals surface area contributed by atoms with Crippen molar-refractivity contribution >= 4 is 54.7 Å². The van der Waals surface area contributed by atoms with Gasteiger partial charge in [0.1, 0.15) is 5.01 Å². The minimum atomic E-state index is 0.493. The maximum absolute atomic E-state index is 5.58. The van der Waals surface area contributed by atoms with Gasteiger partial charge in [0.15, 0.2) is 5.16 Å². The zero-order valence-corrected chi connectivity index (χ0v) is 12.5. The molecular formula is C11H8N6S3. The predicted octanol–water partition coefficient (Wildman–Crippen LogP) is 2.67. The summed E-state index contributed by atoms with van der Waals surface area (Å²) in [6.45, 7) is 0. The van der Waals surface area contributed by atoms with E-state index in [9.17, 15) is 0 Å².